The largest absolute Gasteiger partial charge is 0.457 e. The maximum absolute atomic E-state index is 5.91. The minimum absolute atomic E-state index is 0. The third kappa shape index (κ3) is 1.71. The van der Waals surface area contributed by atoms with E-state index in [0.29, 0.717) is 0 Å². The lowest BCUT2D eigenvalue weighted by atomic mass is 9.76. The van der Waals surface area contributed by atoms with Crippen molar-refractivity contribution >= 4 is 12.4 Å². The standard InChI is InChI=1S/C15H14O.ClH/c1-15(2)11-7-3-5-9-13(11)16-14-10-6-4-8-12(14)15;/h3-10H,1-2H3;1H. The fourth-order valence-corrected chi connectivity index (χ4v) is 2.41. The molecule has 0 N–H and O–H groups in total. The van der Waals surface area contributed by atoms with Crippen molar-refractivity contribution in [2.24, 2.45) is 0 Å². The highest BCUT2D eigenvalue weighted by Crippen LogP contribution is 2.47. The van der Waals surface area contributed by atoms with Gasteiger partial charge in [0.15, 0.2) is 0 Å². The lowest BCUT2D eigenvalue weighted by Crippen LogP contribution is -2.23. The summed E-state index contributed by atoms with van der Waals surface area (Å²) in [4.78, 5) is 0. The molecule has 0 radical (unpaired) electrons. The smallest absolute Gasteiger partial charge is 0.131 e. The molecule has 0 saturated carbocycles. The van der Waals surface area contributed by atoms with Crippen LogP contribution in [0.2, 0.25) is 0 Å². The third-order valence-corrected chi connectivity index (χ3v) is 3.34. The Morgan fingerprint density at radius 1 is 0.765 bits per heavy atom. The van der Waals surface area contributed by atoms with Crippen molar-refractivity contribution in [3.05, 3.63) is 59.7 Å². The van der Waals surface area contributed by atoms with Gasteiger partial charge in [0.1, 0.15) is 11.5 Å². The van der Waals surface area contributed by atoms with E-state index in [1.807, 2.05) is 24.3 Å². The molecule has 1 aliphatic rings. The fourth-order valence-electron chi connectivity index (χ4n) is 2.41. The first-order valence-corrected chi connectivity index (χ1v) is 5.56. The number of fused-ring (bicyclic) bond motifs is 2. The summed E-state index contributed by atoms with van der Waals surface area (Å²) in [6.07, 6.45) is 0. The Morgan fingerprint density at radius 2 is 1.18 bits per heavy atom. The average Bonchev–Trinajstić information content (AvgIpc) is 2.29. The first-order valence-electron chi connectivity index (χ1n) is 5.56. The molecule has 0 unspecified atom stereocenters. The van der Waals surface area contributed by atoms with Crippen molar-refractivity contribution in [1.82, 2.24) is 0 Å². The number of ether oxygens (including phenoxy) is 1. The van der Waals surface area contributed by atoms with Crippen LogP contribution in [0.1, 0.15) is 25.0 Å². The van der Waals surface area contributed by atoms with Gasteiger partial charge in [-0.15, -0.1) is 12.4 Å². The molecule has 0 aromatic heterocycles. The van der Waals surface area contributed by atoms with E-state index in [9.17, 15) is 0 Å². The van der Waals surface area contributed by atoms with E-state index < -0.39 is 0 Å². The summed E-state index contributed by atoms with van der Waals surface area (Å²) in [5.74, 6) is 1.96. The minimum atomic E-state index is 0. The van der Waals surface area contributed by atoms with Crippen LogP contribution in [0.5, 0.6) is 11.5 Å². The Kier molecular flexibility index (Phi) is 2.88. The van der Waals surface area contributed by atoms with Gasteiger partial charge in [-0.05, 0) is 12.1 Å². The Bertz CT molecular complexity index is 499. The first kappa shape index (κ1) is 12.0. The summed E-state index contributed by atoms with van der Waals surface area (Å²) in [7, 11) is 0. The van der Waals surface area contributed by atoms with Gasteiger partial charge in [0.05, 0.1) is 0 Å². The zero-order chi connectivity index (χ0) is 11.2. The number of halogens is 1. The van der Waals surface area contributed by atoms with Gasteiger partial charge in [0.2, 0.25) is 0 Å². The molecule has 17 heavy (non-hydrogen) atoms. The molecule has 0 bridgehead atoms. The van der Waals surface area contributed by atoms with Crippen molar-refractivity contribution in [3.8, 4) is 11.5 Å². The molecular formula is C15H15ClO. The monoisotopic (exact) mass is 246 g/mol. The van der Waals surface area contributed by atoms with Crippen LogP contribution in [0.25, 0.3) is 0 Å². The van der Waals surface area contributed by atoms with Crippen LogP contribution < -0.4 is 4.74 Å². The van der Waals surface area contributed by atoms with E-state index in [1.165, 1.54) is 11.1 Å². The molecule has 1 aliphatic heterocycles. The predicted molar refractivity (Wildman–Crippen MR) is 72.3 cm³/mol. The molecule has 0 saturated heterocycles. The van der Waals surface area contributed by atoms with E-state index in [-0.39, 0.29) is 17.8 Å². The molecule has 2 heteroatoms. The zero-order valence-corrected chi connectivity index (χ0v) is 10.8. The number of benzene rings is 2. The highest BCUT2D eigenvalue weighted by atomic mass is 35.5. The second-order valence-electron chi connectivity index (χ2n) is 4.72. The average molecular weight is 247 g/mol. The topological polar surface area (TPSA) is 9.23 Å². The fraction of sp³-hybridized carbons (Fsp3) is 0.200. The van der Waals surface area contributed by atoms with E-state index in [0.717, 1.165) is 11.5 Å². The maximum Gasteiger partial charge on any atom is 0.131 e. The van der Waals surface area contributed by atoms with Crippen LogP contribution >= 0.6 is 12.4 Å². The predicted octanol–water partition coefficient (Wildman–Crippen LogP) is 4.54. The summed E-state index contributed by atoms with van der Waals surface area (Å²) in [6, 6.07) is 16.5. The van der Waals surface area contributed by atoms with E-state index >= 15 is 0 Å². The van der Waals surface area contributed by atoms with Crippen molar-refractivity contribution in [2.75, 3.05) is 0 Å². The van der Waals surface area contributed by atoms with Gasteiger partial charge < -0.3 is 4.74 Å². The molecule has 3 rings (SSSR count). The van der Waals surface area contributed by atoms with Gasteiger partial charge in [-0.1, -0.05) is 50.2 Å². The van der Waals surface area contributed by atoms with Gasteiger partial charge in [0, 0.05) is 16.5 Å². The van der Waals surface area contributed by atoms with Crippen molar-refractivity contribution in [3.63, 3.8) is 0 Å². The van der Waals surface area contributed by atoms with Crippen LogP contribution in [0.15, 0.2) is 48.5 Å². The first-order chi connectivity index (χ1) is 7.69. The number of para-hydroxylation sites is 2. The maximum atomic E-state index is 5.91. The SMILES string of the molecule is CC1(C)c2ccccc2Oc2ccccc21.Cl. The van der Waals surface area contributed by atoms with Gasteiger partial charge >= 0.3 is 0 Å². The quantitative estimate of drug-likeness (QED) is 0.663. The molecule has 0 aliphatic carbocycles. The van der Waals surface area contributed by atoms with Crippen molar-refractivity contribution in [2.45, 2.75) is 19.3 Å². The normalized spacial score (nSPS) is 14.9. The Morgan fingerprint density at radius 3 is 1.65 bits per heavy atom. The van der Waals surface area contributed by atoms with Crippen LogP contribution in [0.3, 0.4) is 0 Å². The molecule has 0 atom stereocenters. The second kappa shape index (κ2) is 4.08. The Balaban J connectivity index is 0.00000108. The summed E-state index contributed by atoms with van der Waals surface area (Å²) < 4.78 is 5.91. The summed E-state index contributed by atoms with van der Waals surface area (Å²) in [6.45, 7) is 4.49. The molecule has 1 heterocycles. The summed E-state index contributed by atoms with van der Waals surface area (Å²) in [5.41, 5.74) is 2.54. The molecule has 1 nitrogen and oxygen atoms in total. The zero-order valence-electron chi connectivity index (χ0n) is 9.94. The van der Waals surface area contributed by atoms with Gasteiger partial charge in [-0.25, -0.2) is 0 Å². The van der Waals surface area contributed by atoms with Crippen LogP contribution in [0.4, 0.5) is 0 Å². The Hall–Kier alpha value is -1.47. The van der Waals surface area contributed by atoms with Gasteiger partial charge in [-0.2, -0.15) is 0 Å². The van der Waals surface area contributed by atoms with Gasteiger partial charge in [-0.3, -0.25) is 0 Å². The van der Waals surface area contributed by atoms with Crippen LogP contribution in [-0.4, -0.2) is 0 Å². The van der Waals surface area contributed by atoms with Gasteiger partial charge in [0.25, 0.3) is 0 Å². The molecule has 2 aromatic rings. The van der Waals surface area contributed by atoms with E-state index in [4.69, 9.17) is 4.74 Å². The number of hydrogen-bond acceptors (Lipinski definition) is 1. The summed E-state index contributed by atoms with van der Waals surface area (Å²) in [5, 5.41) is 0. The van der Waals surface area contributed by atoms with Crippen LogP contribution in [-0.2, 0) is 5.41 Å². The molecule has 88 valence electrons. The lowest BCUT2D eigenvalue weighted by molar-refractivity contribution is 0.418. The minimum Gasteiger partial charge on any atom is -0.457 e. The Labute approximate surface area is 108 Å². The lowest BCUT2D eigenvalue weighted by Gasteiger charge is -2.34. The number of rotatable bonds is 0. The molecular weight excluding hydrogens is 232 g/mol. The van der Waals surface area contributed by atoms with Crippen LogP contribution in [0, 0.1) is 0 Å². The van der Waals surface area contributed by atoms with E-state index in [1.54, 1.807) is 0 Å². The summed E-state index contributed by atoms with van der Waals surface area (Å²) >= 11 is 0. The molecule has 0 spiro atoms. The molecule has 2 aromatic carbocycles. The molecule has 0 fully saturated rings. The highest BCUT2D eigenvalue weighted by Gasteiger charge is 2.33. The van der Waals surface area contributed by atoms with Crippen molar-refractivity contribution < 1.29 is 4.74 Å². The van der Waals surface area contributed by atoms with E-state index in [2.05, 4.69) is 38.1 Å². The molecule has 0 amide bonds. The second-order valence-corrected chi connectivity index (χ2v) is 4.72. The highest BCUT2D eigenvalue weighted by molar-refractivity contribution is 5.85. The number of hydrogen-bond donors (Lipinski definition) is 0. The van der Waals surface area contributed by atoms with Crippen molar-refractivity contribution in [1.29, 1.82) is 0 Å². The third-order valence-electron chi connectivity index (χ3n) is 3.34.